The van der Waals surface area contributed by atoms with Crippen molar-refractivity contribution < 1.29 is 4.84 Å². The molecule has 0 spiro atoms. The lowest BCUT2D eigenvalue weighted by Gasteiger charge is -2.03. The standard InChI is InChI=1S/C7H6BrN3O2/c1-2-3-13-11-6-5(8)7(12)10-4-9-6/h1,4H,3H2,(H2,9,10,11,12). The van der Waals surface area contributed by atoms with Crippen LogP contribution in [0, 0.1) is 12.3 Å². The molecule has 6 heteroatoms. The molecule has 5 nitrogen and oxygen atoms in total. The molecule has 68 valence electrons. The Labute approximate surface area is 82.6 Å². The van der Waals surface area contributed by atoms with Gasteiger partial charge in [-0.15, -0.1) is 6.42 Å². The maximum atomic E-state index is 11.0. The number of halogens is 1. The van der Waals surface area contributed by atoms with Crippen molar-refractivity contribution in [1.29, 1.82) is 0 Å². The molecule has 1 rings (SSSR count). The van der Waals surface area contributed by atoms with Crippen LogP contribution in [0.2, 0.25) is 0 Å². The summed E-state index contributed by atoms with van der Waals surface area (Å²) < 4.78 is 0.270. The van der Waals surface area contributed by atoms with Gasteiger partial charge in [-0.2, -0.15) is 0 Å². The predicted octanol–water partition coefficient (Wildman–Crippen LogP) is 0.509. The number of rotatable bonds is 3. The predicted molar refractivity (Wildman–Crippen MR) is 51.0 cm³/mol. The Morgan fingerprint density at radius 1 is 1.85 bits per heavy atom. The molecule has 1 aromatic rings. The van der Waals surface area contributed by atoms with Crippen LogP contribution in [0.5, 0.6) is 0 Å². The van der Waals surface area contributed by atoms with Crippen molar-refractivity contribution in [3.8, 4) is 12.3 Å². The minimum atomic E-state index is -0.290. The van der Waals surface area contributed by atoms with E-state index in [2.05, 4.69) is 37.3 Å². The first-order valence-electron chi connectivity index (χ1n) is 3.30. The number of nitrogens with one attached hydrogen (secondary N) is 2. The molecule has 0 atom stereocenters. The Kier molecular flexibility index (Phi) is 3.49. The third kappa shape index (κ3) is 2.57. The Morgan fingerprint density at radius 2 is 2.62 bits per heavy atom. The number of H-pyrrole nitrogens is 1. The topological polar surface area (TPSA) is 67.0 Å². The molecule has 0 amide bonds. The number of terminal acetylenes is 1. The number of aromatic nitrogens is 2. The highest BCUT2D eigenvalue weighted by molar-refractivity contribution is 9.10. The van der Waals surface area contributed by atoms with Crippen molar-refractivity contribution in [2.75, 3.05) is 12.1 Å². The number of nitrogens with zero attached hydrogens (tertiary/aromatic N) is 1. The van der Waals surface area contributed by atoms with Crippen molar-refractivity contribution in [3.63, 3.8) is 0 Å². The molecule has 0 unspecified atom stereocenters. The van der Waals surface area contributed by atoms with E-state index in [1.807, 2.05) is 0 Å². The van der Waals surface area contributed by atoms with Gasteiger partial charge >= 0.3 is 0 Å². The van der Waals surface area contributed by atoms with E-state index in [9.17, 15) is 4.79 Å². The van der Waals surface area contributed by atoms with E-state index in [4.69, 9.17) is 11.3 Å². The fourth-order valence-electron chi connectivity index (χ4n) is 0.600. The quantitative estimate of drug-likeness (QED) is 0.461. The summed E-state index contributed by atoms with van der Waals surface area (Å²) in [5.74, 6) is 2.55. The van der Waals surface area contributed by atoms with E-state index in [0.717, 1.165) is 0 Å². The number of hydrogen-bond acceptors (Lipinski definition) is 4. The zero-order valence-electron chi connectivity index (χ0n) is 6.50. The van der Waals surface area contributed by atoms with Crippen LogP contribution in [0.25, 0.3) is 0 Å². The smallest absolute Gasteiger partial charge is 0.267 e. The van der Waals surface area contributed by atoms with Crippen molar-refractivity contribution in [3.05, 3.63) is 21.2 Å². The molecule has 1 heterocycles. The lowest BCUT2D eigenvalue weighted by atomic mass is 10.6. The maximum Gasteiger partial charge on any atom is 0.267 e. The fraction of sp³-hybridized carbons (Fsp3) is 0.143. The largest absolute Gasteiger partial charge is 0.312 e. The minimum Gasteiger partial charge on any atom is -0.312 e. The molecule has 13 heavy (non-hydrogen) atoms. The zero-order chi connectivity index (χ0) is 9.68. The van der Waals surface area contributed by atoms with Gasteiger partial charge < -0.3 is 4.98 Å². The molecule has 0 radical (unpaired) electrons. The normalized spacial score (nSPS) is 9.23. The number of hydrogen-bond donors (Lipinski definition) is 2. The number of anilines is 1. The van der Waals surface area contributed by atoms with Crippen LogP contribution < -0.4 is 11.0 Å². The van der Waals surface area contributed by atoms with Crippen LogP contribution in [0.3, 0.4) is 0 Å². The Hall–Kier alpha value is -1.32. The summed E-state index contributed by atoms with van der Waals surface area (Å²) in [5, 5.41) is 0. The molecule has 0 aliphatic heterocycles. The average Bonchev–Trinajstić information content (AvgIpc) is 2.13. The second-order valence-corrected chi connectivity index (χ2v) is 2.78. The molecule has 0 aliphatic rings. The van der Waals surface area contributed by atoms with Crippen LogP contribution in [-0.4, -0.2) is 16.6 Å². The van der Waals surface area contributed by atoms with Crippen molar-refractivity contribution in [2.24, 2.45) is 0 Å². The van der Waals surface area contributed by atoms with Crippen LogP contribution in [-0.2, 0) is 4.84 Å². The molecule has 0 saturated heterocycles. The zero-order valence-corrected chi connectivity index (χ0v) is 8.09. The van der Waals surface area contributed by atoms with Crippen molar-refractivity contribution in [1.82, 2.24) is 9.97 Å². The molecule has 0 saturated carbocycles. The second-order valence-electron chi connectivity index (χ2n) is 1.99. The van der Waals surface area contributed by atoms with E-state index < -0.39 is 0 Å². The van der Waals surface area contributed by atoms with Crippen molar-refractivity contribution >= 4 is 21.7 Å². The summed E-state index contributed by atoms with van der Waals surface area (Å²) >= 11 is 3.03. The lowest BCUT2D eigenvalue weighted by Crippen LogP contribution is -2.12. The summed E-state index contributed by atoms with van der Waals surface area (Å²) in [6.45, 7) is 0.0981. The van der Waals surface area contributed by atoms with Crippen molar-refractivity contribution in [2.45, 2.75) is 0 Å². The van der Waals surface area contributed by atoms with Crippen LogP contribution >= 0.6 is 15.9 Å². The average molecular weight is 244 g/mol. The van der Waals surface area contributed by atoms with E-state index in [1.165, 1.54) is 6.33 Å². The summed E-state index contributed by atoms with van der Waals surface area (Å²) in [6, 6.07) is 0. The monoisotopic (exact) mass is 243 g/mol. The first-order chi connectivity index (χ1) is 6.25. The van der Waals surface area contributed by atoms with E-state index >= 15 is 0 Å². The van der Waals surface area contributed by atoms with Gasteiger partial charge in [-0.05, 0) is 15.9 Å². The highest BCUT2D eigenvalue weighted by atomic mass is 79.9. The van der Waals surface area contributed by atoms with E-state index in [0.29, 0.717) is 5.82 Å². The molecule has 1 aromatic heterocycles. The third-order valence-electron chi connectivity index (χ3n) is 1.12. The molecule has 0 aromatic carbocycles. The number of aromatic amines is 1. The van der Waals surface area contributed by atoms with Gasteiger partial charge in [0.15, 0.2) is 5.82 Å². The van der Waals surface area contributed by atoms with Gasteiger partial charge in [0.25, 0.3) is 5.56 Å². The first-order valence-corrected chi connectivity index (χ1v) is 4.09. The Morgan fingerprint density at radius 3 is 3.31 bits per heavy atom. The highest BCUT2D eigenvalue weighted by Crippen LogP contribution is 2.12. The third-order valence-corrected chi connectivity index (χ3v) is 1.86. The molecule has 0 bridgehead atoms. The molecule has 2 N–H and O–H groups in total. The fourth-order valence-corrected chi connectivity index (χ4v) is 0.898. The van der Waals surface area contributed by atoms with Crippen LogP contribution in [0.4, 0.5) is 5.82 Å². The van der Waals surface area contributed by atoms with Gasteiger partial charge in [-0.25, -0.2) is 10.5 Å². The molecule has 0 fully saturated rings. The summed E-state index contributed by atoms with van der Waals surface area (Å²) in [5.41, 5.74) is 2.14. The molecule has 0 aliphatic carbocycles. The van der Waals surface area contributed by atoms with E-state index in [1.54, 1.807) is 0 Å². The van der Waals surface area contributed by atoms with Crippen LogP contribution in [0.1, 0.15) is 0 Å². The Balaban J connectivity index is 2.73. The van der Waals surface area contributed by atoms with Gasteiger partial charge in [0.1, 0.15) is 11.1 Å². The molecular formula is C7H6BrN3O2. The summed E-state index contributed by atoms with van der Waals surface area (Å²) in [6.07, 6.45) is 6.20. The van der Waals surface area contributed by atoms with Crippen LogP contribution in [0.15, 0.2) is 15.6 Å². The van der Waals surface area contributed by atoms with Gasteiger partial charge in [0, 0.05) is 0 Å². The second kappa shape index (κ2) is 4.64. The summed E-state index contributed by atoms with van der Waals surface area (Å²) in [7, 11) is 0. The van der Waals surface area contributed by atoms with Gasteiger partial charge in [0.05, 0.1) is 6.33 Å². The first kappa shape index (κ1) is 9.77. The van der Waals surface area contributed by atoms with Gasteiger partial charge in [0.2, 0.25) is 0 Å². The minimum absolute atomic E-state index is 0.0981. The van der Waals surface area contributed by atoms with Gasteiger partial charge in [-0.1, -0.05) is 5.92 Å². The SMILES string of the molecule is C#CCONc1nc[nH]c(=O)c1Br. The Bertz CT molecular complexity index is 382. The molecular weight excluding hydrogens is 238 g/mol. The summed E-state index contributed by atoms with van der Waals surface area (Å²) in [4.78, 5) is 22.0. The van der Waals surface area contributed by atoms with Gasteiger partial charge in [-0.3, -0.25) is 9.63 Å². The highest BCUT2D eigenvalue weighted by Gasteiger charge is 2.03. The lowest BCUT2D eigenvalue weighted by molar-refractivity contribution is 0.232. The maximum absolute atomic E-state index is 11.0. The van der Waals surface area contributed by atoms with E-state index in [-0.39, 0.29) is 16.6 Å².